The largest absolute Gasteiger partial charge is 0.475 e. The van der Waals surface area contributed by atoms with Gasteiger partial charge >= 0.3 is 5.97 Å². The van der Waals surface area contributed by atoms with Crippen molar-refractivity contribution in [1.29, 1.82) is 0 Å². The van der Waals surface area contributed by atoms with Crippen molar-refractivity contribution in [3.05, 3.63) is 11.7 Å². The molecule has 1 saturated carbocycles. The first-order valence-corrected chi connectivity index (χ1v) is 5.77. The molecule has 0 amide bonds. The van der Waals surface area contributed by atoms with Crippen LogP contribution in [0.3, 0.4) is 0 Å². The van der Waals surface area contributed by atoms with E-state index in [0.29, 0.717) is 5.89 Å². The fraction of sp³-hybridized carbons (Fsp3) is 0.727. The Balaban J connectivity index is 2.00. The average molecular weight is 224 g/mol. The molecule has 0 spiro atoms. The number of carboxylic acid groups (broad SMARTS) is 1. The van der Waals surface area contributed by atoms with E-state index in [9.17, 15) is 4.79 Å². The molecular weight excluding hydrogens is 208 g/mol. The van der Waals surface area contributed by atoms with Crippen LogP contribution in [-0.4, -0.2) is 21.2 Å². The second-order valence-corrected chi connectivity index (χ2v) is 4.39. The molecule has 0 unspecified atom stereocenters. The van der Waals surface area contributed by atoms with Gasteiger partial charge in [0.1, 0.15) is 0 Å². The standard InChI is InChI=1S/C11H16N2O3/c1-2-7-3-5-8(6-4-7)10-12-9(11(14)15)13-16-10/h7-8H,2-6H2,1H3,(H,14,15). The van der Waals surface area contributed by atoms with E-state index in [2.05, 4.69) is 17.1 Å². The lowest BCUT2D eigenvalue weighted by Gasteiger charge is -2.25. The Morgan fingerprint density at radius 3 is 2.62 bits per heavy atom. The summed E-state index contributed by atoms with van der Waals surface area (Å²) in [5.41, 5.74) is 0. The highest BCUT2D eigenvalue weighted by Gasteiger charge is 2.26. The molecule has 5 heteroatoms. The van der Waals surface area contributed by atoms with E-state index in [1.807, 2.05) is 0 Å². The lowest BCUT2D eigenvalue weighted by atomic mass is 9.81. The Bertz CT molecular complexity index is 367. The molecule has 1 aromatic rings. The molecule has 0 saturated heterocycles. The van der Waals surface area contributed by atoms with Crippen molar-refractivity contribution in [1.82, 2.24) is 10.1 Å². The molecule has 16 heavy (non-hydrogen) atoms. The summed E-state index contributed by atoms with van der Waals surface area (Å²) < 4.78 is 4.99. The molecule has 0 aromatic carbocycles. The van der Waals surface area contributed by atoms with Gasteiger partial charge in [-0.05, 0) is 36.8 Å². The maximum Gasteiger partial charge on any atom is 0.377 e. The smallest absolute Gasteiger partial charge is 0.377 e. The molecule has 0 atom stereocenters. The summed E-state index contributed by atoms with van der Waals surface area (Å²) in [5.74, 6) is 0.193. The first-order chi connectivity index (χ1) is 7.70. The molecule has 1 aromatic heterocycles. The van der Waals surface area contributed by atoms with Crippen molar-refractivity contribution in [2.24, 2.45) is 5.92 Å². The first kappa shape index (κ1) is 11.1. The third-order valence-corrected chi connectivity index (χ3v) is 3.41. The summed E-state index contributed by atoms with van der Waals surface area (Å²) in [7, 11) is 0. The Hall–Kier alpha value is -1.39. The van der Waals surface area contributed by atoms with Gasteiger partial charge in [-0.25, -0.2) is 4.79 Å². The van der Waals surface area contributed by atoms with Gasteiger partial charge in [0.2, 0.25) is 5.89 Å². The second-order valence-electron chi connectivity index (χ2n) is 4.39. The van der Waals surface area contributed by atoms with E-state index in [-0.39, 0.29) is 11.7 Å². The van der Waals surface area contributed by atoms with Crippen LogP contribution in [0.25, 0.3) is 0 Å². The van der Waals surface area contributed by atoms with E-state index in [4.69, 9.17) is 9.63 Å². The zero-order valence-corrected chi connectivity index (χ0v) is 9.35. The molecule has 2 rings (SSSR count). The first-order valence-electron chi connectivity index (χ1n) is 5.77. The van der Waals surface area contributed by atoms with Crippen LogP contribution >= 0.6 is 0 Å². The van der Waals surface area contributed by atoms with Gasteiger partial charge in [0.05, 0.1) is 0 Å². The summed E-state index contributed by atoms with van der Waals surface area (Å²) in [6, 6.07) is 0. The predicted octanol–water partition coefficient (Wildman–Crippen LogP) is 2.45. The molecule has 1 aliphatic rings. The molecule has 1 fully saturated rings. The van der Waals surface area contributed by atoms with Crippen molar-refractivity contribution >= 4 is 5.97 Å². The average Bonchev–Trinajstić information content (AvgIpc) is 2.78. The zero-order chi connectivity index (χ0) is 11.5. The maximum absolute atomic E-state index is 10.6. The Morgan fingerprint density at radius 1 is 1.44 bits per heavy atom. The van der Waals surface area contributed by atoms with Gasteiger partial charge in [0.25, 0.3) is 5.82 Å². The van der Waals surface area contributed by atoms with Gasteiger partial charge in [0, 0.05) is 5.92 Å². The van der Waals surface area contributed by atoms with E-state index in [1.54, 1.807) is 0 Å². The Labute approximate surface area is 93.9 Å². The molecule has 0 aliphatic heterocycles. The van der Waals surface area contributed by atoms with Crippen molar-refractivity contribution in [3.63, 3.8) is 0 Å². The number of hydrogen-bond donors (Lipinski definition) is 1. The number of carboxylic acids is 1. The highest BCUT2D eigenvalue weighted by atomic mass is 16.5. The Kier molecular flexibility index (Phi) is 3.22. The minimum atomic E-state index is -1.13. The van der Waals surface area contributed by atoms with Crippen LogP contribution in [0.15, 0.2) is 4.52 Å². The fourth-order valence-corrected chi connectivity index (χ4v) is 2.31. The van der Waals surface area contributed by atoms with Crippen LogP contribution in [-0.2, 0) is 0 Å². The van der Waals surface area contributed by atoms with Crippen LogP contribution in [0.5, 0.6) is 0 Å². The van der Waals surface area contributed by atoms with Gasteiger partial charge in [-0.3, -0.25) is 0 Å². The second kappa shape index (κ2) is 4.63. The summed E-state index contributed by atoms with van der Waals surface area (Å²) in [6.45, 7) is 2.21. The van der Waals surface area contributed by atoms with Gasteiger partial charge in [-0.2, -0.15) is 4.98 Å². The molecule has 1 N–H and O–H groups in total. The highest BCUT2D eigenvalue weighted by Crippen LogP contribution is 2.36. The highest BCUT2D eigenvalue weighted by molar-refractivity contribution is 5.82. The number of rotatable bonds is 3. The third-order valence-electron chi connectivity index (χ3n) is 3.41. The summed E-state index contributed by atoms with van der Waals surface area (Å²) in [5, 5.41) is 12.1. The van der Waals surface area contributed by atoms with Gasteiger partial charge in [0.15, 0.2) is 0 Å². The SMILES string of the molecule is CCC1CCC(c2nc(C(=O)O)no2)CC1. The number of aromatic nitrogens is 2. The topological polar surface area (TPSA) is 76.2 Å². The zero-order valence-electron chi connectivity index (χ0n) is 9.35. The minimum Gasteiger partial charge on any atom is -0.475 e. The summed E-state index contributed by atoms with van der Waals surface area (Å²) >= 11 is 0. The normalized spacial score (nSPS) is 25.6. The van der Waals surface area contributed by atoms with Crippen LogP contribution in [0, 0.1) is 5.92 Å². The number of carbonyl (C=O) groups is 1. The van der Waals surface area contributed by atoms with Gasteiger partial charge < -0.3 is 9.63 Å². The van der Waals surface area contributed by atoms with E-state index in [0.717, 1.165) is 18.8 Å². The number of aromatic carboxylic acids is 1. The van der Waals surface area contributed by atoms with Crippen molar-refractivity contribution in [2.75, 3.05) is 0 Å². The minimum absolute atomic E-state index is 0.229. The number of hydrogen-bond acceptors (Lipinski definition) is 4. The van der Waals surface area contributed by atoms with Crippen molar-refractivity contribution in [3.8, 4) is 0 Å². The molecule has 0 radical (unpaired) electrons. The molecule has 1 aliphatic carbocycles. The maximum atomic E-state index is 10.6. The Morgan fingerprint density at radius 2 is 2.12 bits per heavy atom. The summed E-state index contributed by atoms with van der Waals surface area (Å²) in [6.07, 6.45) is 5.62. The van der Waals surface area contributed by atoms with Crippen LogP contribution in [0.2, 0.25) is 0 Å². The van der Waals surface area contributed by atoms with Crippen molar-refractivity contribution < 1.29 is 14.4 Å². The van der Waals surface area contributed by atoms with Gasteiger partial charge in [-0.15, -0.1) is 0 Å². The summed E-state index contributed by atoms with van der Waals surface area (Å²) in [4.78, 5) is 14.5. The van der Waals surface area contributed by atoms with E-state index >= 15 is 0 Å². The van der Waals surface area contributed by atoms with Gasteiger partial charge in [-0.1, -0.05) is 13.3 Å². The van der Waals surface area contributed by atoms with Crippen LogP contribution in [0.4, 0.5) is 0 Å². The molecule has 1 heterocycles. The third kappa shape index (κ3) is 2.23. The van der Waals surface area contributed by atoms with E-state index < -0.39 is 5.97 Å². The molecular formula is C11H16N2O3. The van der Waals surface area contributed by atoms with E-state index in [1.165, 1.54) is 19.3 Å². The molecule has 88 valence electrons. The van der Waals surface area contributed by atoms with Crippen LogP contribution < -0.4 is 0 Å². The molecule has 0 bridgehead atoms. The lowest BCUT2D eigenvalue weighted by molar-refractivity contribution is 0.0680. The predicted molar refractivity (Wildman–Crippen MR) is 56.2 cm³/mol. The molecule has 5 nitrogen and oxygen atoms in total. The fourth-order valence-electron chi connectivity index (χ4n) is 2.31. The lowest BCUT2D eigenvalue weighted by Crippen LogP contribution is -2.13. The van der Waals surface area contributed by atoms with Crippen molar-refractivity contribution in [2.45, 2.75) is 44.9 Å². The number of nitrogens with zero attached hydrogens (tertiary/aromatic N) is 2. The monoisotopic (exact) mass is 224 g/mol. The van der Waals surface area contributed by atoms with Crippen LogP contribution in [0.1, 0.15) is 61.5 Å². The quantitative estimate of drug-likeness (QED) is 0.853.